The number of hydrogen-bond donors (Lipinski definition) is 1. The number of benzene rings is 2. The van der Waals surface area contributed by atoms with E-state index in [1.165, 1.54) is 19.3 Å². The van der Waals surface area contributed by atoms with Gasteiger partial charge in [-0.25, -0.2) is 9.59 Å². The van der Waals surface area contributed by atoms with E-state index in [1.807, 2.05) is 38.1 Å². The summed E-state index contributed by atoms with van der Waals surface area (Å²) in [7, 11) is 1.31. The van der Waals surface area contributed by atoms with E-state index < -0.39 is 17.8 Å². The molecule has 0 unspecified atom stereocenters. The lowest BCUT2D eigenvalue weighted by Crippen LogP contribution is -2.21. The van der Waals surface area contributed by atoms with Gasteiger partial charge in [-0.05, 0) is 41.3 Å². The fraction of sp³-hybridized carbons (Fsp3) is 0.227. The molecule has 0 aliphatic heterocycles. The molecule has 1 amide bonds. The van der Waals surface area contributed by atoms with Gasteiger partial charge in [-0.15, -0.1) is 0 Å². The summed E-state index contributed by atoms with van der Waals surface area (Å²) < 4.78 is 9.59. The molecular formula is C22H23NO5. The third-order valence-electron chi connectivity index (χ3n) is 3.95. The van der Waals surface area contributed by atoms with E-state index in [0.29, 0.717) is 16.8 Å². The van der Waals surface area contributed by atoms with E-state index in [-0.39, 0.29) is 12.5 Å². The number of ether oxygens (including phenoxy) is 2. The number of methoxy groups -OCH3 is 1. The minimum Gasteiger partial charge on any atom is -0.465 e. The SMILES string of the molecule is COC(=O)c1ccc(/C=C/C(=O)OCC(=O)Nc2ccccc2C(C)C)cc1. The van der Waals surface area contributed by atoms with Crippen LogP contribution in [0.4, 0.5) is 5.69 Å². The molecule has 0 saturated heterocycles. The Bertz CT molecular complexity index is 869. The highest BCUT2D eigenvalue weighted by molar-refractivity contribution is 5.95. The van der Waals surface area contributed by atoms with Crippen molar-refractivity contribution in [2.45, 2.75) is 19.8 Å². The lowest BCUT2D eigenvalue weighted by molar-refractivity contribution is -0.142. The summed E-state index contributed by atoms with van der Waals surface area (Å²) in [5, 5.41) is 2.76. The molecule has 0 radical (unpaired) electrons. The monoisotopic (exact) mass is 381 g/mol. The average Bonchev–Trinajstić information content (AvgIpc) is 2.70. The van der Waals surface area contributed by atoms with Crippen LogP contribution in [0.2, 0.25) is 0 Å². The number of para-hydroxylation sites is 1. The molecule has 2 aromatic rings. The van der Waals surface area contributed by atoms with Crippen LogP contribution in [0.1, 0.15) is 41.3 Å². The van der Waals surface area contributed by atoms with E-state index in [0.717, 1.165) is 5.56 Å². The first-order valence-electron chi connectivity index (χ1n) is 8.82. The fourth-order valence-corrected chi connectivity index (χ4v) is 2.50. The molecule has 2 aromatic carbocycles. The Kier molecular flexibility index (Phi) is 7.51. The van der Waals surface area contributed by atoms with E-state index >= 15 is 0 Å². The number of carbonyl (C=O) groups excluding carboxylic acids is 3. The number of nitrogens with one attached hydrogen (secondary N) is 1. The van der Waals surface area contributed by atoms with E-state index in [4.69, 9.17) is 4.74 Å². The van der Waals surface area contributed by atoms with Crippen LogP contribution in [0.3, 0.4) is 0 Å². The molecule has 0 atom stereocenters. The molecule has 0 saturated carbocycles. The zero-order valence-corrected chi connectivity index (χ0v) is 16.1. The quantitative estimate of drug-likeness (QED) is 0.583. The van der Waals surface area contributed by atoms with E-state index in [1.54, 1.807) is 24.3 Å². The van der Waals surface area contributed by atoms with E-state index in [9.17, 15) is 14.4 Å². The molecule has 0 heterocycles. The van der Waals surface area contributed by atoms with Crippen molar-refractivity contribution in [1.82, 2.24) is 0 Å². The van der Waals surface area contributed by atoms with Gasteiger partial charge in [-0.2, -0.15) is 0 Å². The lowest BCUT2D eigenvalue weighted by Gasteiger charge is -2.13. The van der Waals surface area contributed by atoms with E-state index in [2.05, 4.69) is 10.1 Å². The maximum atomic E-state index is 12.0. The van der Waals surface area contributed by atoms with Crippen molar-refractivity contribution >= 4 is 29.6 Å². The highest BCUT2D eigenvalue weighted by atomic mass is 16.5. The Morgan fingerprint density at radius 3 is 2.36 bits per heavy atom. The van der Waals surface area contributed by atoms with Gasteiger partial charge < -0.3 is 14.8 Å². The molecule has 2 rings (SSSR count). The maximum absolute atomic E-state index is 12.0. The summed E-state index contributed by atoms with van der Waals surface area (Å²) in [6.45, 7) is 3.69. The predicted octanol–water partition coefficient (Wildman–Crippen LogP) is 3.79. The second-order valence-electron chi connectivity index (χ2n) is 6.34. The molecule has 146 valence electrons. The molecule has 0 aromatic heterocycles. The first-order valence-corrected chi connectivity index (χ1v) is 8.82. The largest absolute Gasteiger partial charge is 0.465 e. The maximum Gasteiger partial charge on any atom is 0.337 e. The summed E-state index contributed by atoms with van der Waals surface area (Å²) in [5.41, 5.74) is 2.85. The Hall–Kier alpha value is -3.41. The zero-order chi connectivity index (χ0) is 20.5. The van der Waals surface area contributed by atoms with Crippen LogP contribution in [0, 0.1) is 0 Å². The van der Waals surface area contributed by atoms with Crippen molar-refractivity contribution in [3.63, 3.8) is 0 Å². The van der Waals surface area contributed by atoms with Crippen LogP contribution < -0.4 is 5.32 Å². The van der Waals surface area contributed by atoms with Gasteiger partial charge >= 0.3 is 11.9 Å². The Morgan fingerprint density at radius 1 is 1.04 bits per heavy atom. The van der Waals surface area contributed by atoms with Gasteiger partial charge in [0.15, 0.2) is 6.61 Å². The van der Waals surface area contributed by atoms with Crippen LogP contribution in [0.5, 0.6) is 0 Å². The van der Waals surface area contributed by atoms with Crippen molar-refractivity contribution in [3.05, 3.63) is 71.3 Å². The Labute approximate surface area is 164 Å². The van der Waals surface area contributed by atoms with Crippen molar-refractivity contribution in [2.75, 3.05) is 19.0 Å². The van der Waals surface area contributed by atoms with Gasteiger partial charge in [0.05, 0.1) is 12.7 Å². The van der Waals surface area contributed by atoms with Gasteiger partial charge in [-0.3, -0.25) is 4.79 Å². The molecule has 28 heavy (non-hydrogen) atoms. The molecule has 0 spiro atoms. The molecule has 6 heteroatoms. The summed E-state index contributed by atoms with van der Waals surface area (Å²) in [6, 6.07) is 14.0. The van der Waals surface area contributed by atoms with Gasteiger partial charge in [0, 0.05) is 11.8 Å². The first kappa shape index (κ1) is 20.9. The number of rotatable bonds is 7. The highest BCUT2D eigenvalue weighted by Crippen LogP contribution is 2.23. The molecule has 0 aliphatic carbocycles. The summed E-state index contributed by atoms with van der Waals surface area (Å²) >= 11 is 0. The van der Waals surface area contributed by atoms with Crippen molar-refractivity contribution in [2.24, 2.45) is 0 Å². The van der Waals surface area contributed by atoms with Crippen LogP contribution in [0.25, 0.3) is 6.08 Å². The molecule has 1 N–H and O–H groups in total. The second kappa shape index (κ2) is 10.1. The number of carbonyl (C=O) groups is 3. The molecule has 0 bridgehead atoms. The smallest absolute Gasteiger partial charge is 0.337 e. The number of esters is 2. The summed E-state index contributed by atoms with van der Waals surface area (Å²) in [6.07, 6.45) is 2.76. The Morgan fingerprint density at radius 2 is 1.71 bits per heavy atom. The van der Waals surface area contributed by atoms with Crippen molar-refractivity contribution in [1.29, 1.82) is 0 Å². The lowest BCUT2D eigenvalue weighted by atomic mass is 10.0. The average molecular weight is 381 g/mol. The third kappa shape index (κ3) is 6.09. The normalized spacial score (nSPS) is 10.7. The van der Waals surface area contributed by atoms with Gasteiger partial charge in [0.1, 0.15) is 0 Å². The Balaban J connectivity index is 1.86. The summed E-state index contributed by atoms with van der Waals surface area (Å²) in [4.78, 5) is 35.2. The van der Waals surface area contributed by atoms with Gasteiger partial charge in [0.2, 0.25) is 0 Å². The molecule has 0 fully saturated rings. The third-order valence-corrected chi connectivity index (χ3v) is 3.95. The molecular weight excluding hydrogens is 358 g/mol. The van der Waals surface area contributed by atoms with Crippen LogP contribution in [0.15, 0.2) is 54.6 Å². The number of anilines is 1. The minimum atomic E-state index is -0.635. The second-order valence-corrected chi connectivity index (χ2v) is 6.34. The zero-order valence-electron chi connectivity index (χ0n) is 16.1. The van der Waals surface area contributed by atoms with Crippen LogP contribution >= 0.6 is 0 Å². The summed E-state index contributed by atoms with van der Waals surface area (Å²) in [5.74, 6) is -1.21. The minimum absolute atomic E-state index is 0.257. The predicted molar refractivity (Wildman–Crippen MR) is 107 cm³/mol. The number of hydrogen-bond acceptors (Lipinski definition) is 5. The van der Waals surface area contributed by atoms with Crippen LogP contribution in [-0.4, -0.2) is 31.6 Å². The first-order chi connectivity index (χ1) is 13.4. The number of amides is 1. The standard InChI is InChI=1S/C22H23NO5/c1-15(2)18-6-4-5-7-19(18)23-20(24)14-28-21(25)13-10-16-8-11-17(12-9-16)22(26)27-3/h4-13,15H,14H2,1-3H3,(H,23,24)/b13-10+. The van der Waals surface area contributed by atoms with Gasteiger partial charge in [-0.1, -0.05) is 44.2 Å². The molecule has 0 aliphatic rings. The fourth-order valence-electron chi connectivity index (χ4n) is 2.50. The molecule has 6 nitrogen and oxygen atoms in total. The van der Waals surface area contributed by atoms with Crippen molar-refractivity contribution < 1.29 is 23.9 Å². The van der Waals surface area contributed by atoms with Crippen LogP contribution in [-0.2, 0) is 19.1 Å². The van der Waals surface area contributed by atoms with Gasteiger partial charge in [0.25, 0.3) is 5.91 Å². The van der Waals surface area contributed by atoms with Crippen molar-refractivity contribution in [3.8, 4) is 0 Å². The highest BCUT2D eigenvalue weighted by Gasteiger charge is 2.10. The topological polar surface area (TPSA) is 81.7 Å².